The molecule has 0 spiro atoms. The number of carbonyl (C=O) groups is 1. The second kappa shape index (κ2) is 7.35. The van der Waals surface area contributed by atoms with Crippen molar-refractivity contribution in [2.24, 2.45) is 0 Å². The van der Waals surface area contributed by atoms with Crippen molar-refractivity contribution in [1.82, 2.24) is 14.9 Å². The molecule has 0 unspecified atom stereocenters. The summed E-state index contributed by atoms with van der Waals surface area (Å²) in [6, 6.07) is 13.5. The first-order valence-corrected chi connectivity index (χ1v) is 8.47. The molecule has 6 nitrogen and oxygen atoms in total. The molecule has 0 aliphatic heterocycles. The van der Waals surface area contributed by atoms with Gasteiger partial charge in [-0.1, -0.05) is 41.6 Å². The van der Waals surface area contributed by atoms with Crippen LogP contribution < -0.4 is 11.2 Å². The van der Waals surface area contributed by atoms with E-state index >= 15 is 0 Å². The Kier molecular flexibility index (Phi) is 4.99. The second-order valence-corrected chi connectivity index (χ2v) is 6.34. The molecule has 1 aromatic heterocycles. The van der Waals surface area contributed by atoms with E-state index in [1.807, 2.05) is 31.2 Å². The fraction of sp³-hybridized carbons (Fsp3) is 0.118. The summed E-state index contributed by atoms with van der Waals surface area (Å²) in [7, 11) is 0. The molecule has 2 aromatic carbocycles. The molecule has 0 aliphatic carbocycles. The third-order valence-corrected chi connectivity index (χ3v) is 4.32. The van der Waals surface area contributed by atoms with E-state index in [1.165, 1.54) is 22.9 Å². The first-order chi connectivity index (χ1) is 12.0. The van der Waals surface area contributed by atoms with Crippen molar-refractivity contribution < 1.29 is 9.18 Å². The summed E-state index contributed by atoms with van der Waals surface area (Å²) in [5, 5.41) is 11.2. The van der Waals surface area contributed by atoms with E-state index in [4.69, 9.17) is 5.84 Å². The summed E-state index contributed by atoms with van der Waals surface area (Å²) in [5.41, 5.74) is 2.34. The molecule has 0 saturated heterocycles. The lowest BCUT2D eigenvalue weighted by atomic mass is 10.1. The van der Waals surface area contributed by atoms with E-state index in [1.54, 1.807) is 6.07 Å². The number of halogens is 1. The Hall–Kier alpha value is -2.87. The number of anilines is 1. The molecule has 0 bridgehead atoms. The summed E-state index contributed by atoms with van der Waals surface area (Å²) in [6.45, 7) is 1.98. The van der Waals surface area contributed by atoms with Crippen LogP contribution in [0.25, 0.3) is 11.4 Å². The highest BCUT2D eigenvalue weighted by molar-refractivity contribution is 7.99. The Labute approximate surface area is 148 Å². The lowest BCUT2D eigenvalue weighted by Crippen LogP contribution is -2.16. The van der Waals surface area contributed by atoms with E-state index in [9.17, 15) is 9.18 Å². The van der Waals surface area contributed by atoms with Gasteiger partial charge in [-0.25, -0.2) is 9.07 Å². The number of nitrogens with zero attached hydrogens (tertiary/aromatic N) is 3. The average Bonchev–Trinajstić information content (AvgIpc) is 2.94. The van der Waals surface area contributed by atoms with Gasteiger partial charge in [-0.05, 0) is 31.2 Å². The zero-order chi connectivity index (χ0) is 17.8. The molecule has 3 N–H and O–H groups in total. The topological polar surface area (TPSA) is 85.8 Å². The van der Waals surface area contributed by atoms with E-state index in [2.05, 4.69) is 15.5 Å². The molecular formula is C17H16FN5OS. The van der Waals surface area contributed by atoms with E-state index in [0.29, 0.717) is 16.7 Å². The monoisotopic (exact) mass is 357 g/mol. The molecule has 0 fully saturated rings. The molecule has 0 radical (unpaired) electrons. The van der Waals surface area contributed by atoms with Gasteiger partial charge in [0.05, 0.1) is 5.75 Å². The Morgan fingerprint density at radius 1 is 1.24 bits per heavy atom. The number of nitrogen functional groups attached to an aromatic ring is 1. The number of benzene rings is 2. The summed E-state index contributed by atoms with van der Waals surface area (Å²) >= 11 is 1.16. The van der Waals surface area contributed by atoms with Crippen LogP contribution in [0, 0.1) is 12.7 Å². The maximum atomic E-state index is 13.1. The summed E-state index contributed by atoms with van der Waals surface area (Å²) < 4.78 is 14.5. The van der Waals surface area contributed by atoms with Crippen molar-refractivity contribution >= 4 is 23.4 Å². The highest BCUT2D eigenvalue weighted by Crippen LogP contribution is 2.22. The van der Waals surface area contributed by atoms with Crippen molar-refractivity contribution in [2.45, 2.75) is 12.1 Å². The number of rotatable bonds is 5. The number of aromatic nitrogens is 3. The van der Waals surface area contributed by atoms with Gasteiger partial charge >= 0.3 is 0 Å². The number of amides is 1. The molecule has 3 rings (SSSR count). The lowest BCUT2D eigenvalue weighted by molar-refractivity contribution is -0.113. The predicted molar refractivity (Wildman–Crippen MR) is 96.1 cm³/mol. The standard InChI is InChI=1S/C17H16FN5OS/c1-11-4-2-5-12(8-11)16-21-22-17(23(16)19)25-10-15(24)20-14-7-3-6-13(18)9-14/h2-9H,10,19H2,1H3,(H,20,24). The van der Waals surface area contributed by atoms with E-state index in [0.717, 1.165) is 22.9 Å². The molecule has 1 heterocycles. The number of thioether (sulfide) groups is 1. The maximum absolute atomic E-state index is 13.1. The van der Waals surface area contributed by atoms with Gasteiger partial charge in [0.1, 0.15) is 5.82 Å². The van der Waals surface area contributed by atoms with Crippen LogP contribution in [0.15, 0.2) is 53.7 Å². The second-order valence-electron chi connectivity index (χ2n) is 5.39. The molecule has 1 amide bonds. The quantitative estimate of drug-likeness (QED) is 0.542. The molecule has 0 atom stereocenters. The number of carbonyl (C=O) groups excluding carboxylic acids is 1. The number of nitrogens with one attached hydrogen (secondary N) is 1. The van der Waals surface area contributed by atoms with Crippen molar-refractivity contribution in [1.29, 1.82) is 0 Å². The van der Waals surface area contributed by atoms with Crippen molar-refractivity contribution in [3.8, 4) is 11.4 Å². The Bertz CT molecular complexity index is 912. The Balaban J connectivity index is 1.65. The molecular weight excluding hydrogens is 341 g/mol. The van der Waals surface area contributed by atoms with Crippen molar-refractivity contribution in [3.63, 3.8) is 0 Å². The van der Waals surface area contributed by atoms with Crippen molar-refractivity contribution in [3.05, 3.63) is 59.9 Å². The number of nitrogens with two attached hydrogens (primary N) is 1. The van der Waals surface area contributed by atoms with Gasteiger partial charge < -0.3 is 11.2 Å². The predicted octanol–water partition coefficient (Wildman–Crippen LogP) is 2.84. The minimum atomic E-state index is -0.407. The van der Waals surface area contributed by atoms with Crippen LogP contribution in [0.1, 0.15) is 5.56 Å². The van der Waals surface area contributed by atoms with Crippen LogP contribution in [0.4, 0.5) is 10.1 Å². The number of hydrogen-bond acceptors (Lipinski definition) is 5. The third kappa shape index (κ3) is 4.16. The molecule has 128 valence electrons. The van der Waals surface area contributed by atoms with Gasteiger partial charge in [-0.3, -0.25) is 4.79 Å². The third-order valence-electron chi connectivity index (χ3n) is 3.38. The van der Waals surface area contributed by atoms with Gasteiger partial charge in [-0.15, -0.1) is 10.2 Å². The fourth-order valence-corrected chi connectivity index (χ4v) is 2.91. The zero-order valence-corrected chi connectivity index (χ0v) is 14.3. The minimum absolute atomic E-state index is 0.0830. The summed E-state index contributed by atoms with van der Waals surface area (Å²) in [6.07, 6.45) is 0. The highest BCUT2D eigenvalue weighted by atomic mass is 32.2. The Morgan fingerprint density at radius 2 is 2.04 bits per heavy atom. The molecule has 0 saturated carbocycles. The van der Waals surface area contributed by atoms with Gasteiger partial charge in [0.25, 0.3) is 0 Å². The van der Waals surface area contributed by atoms with Crippen LogP contribution in [-0.4, -0.2) is 26.5 Å². The fourth-order valence-electron chi connectivity index (χ4n) is 2.25. The normalized spacial score (nSPS) is 10.6. The summed E-state index contributed by atoms with van der Waals surface area (Å²) in [5.74, 6) is 5.95. The molecule has 25 heavy (non-hydrogen) atoms. The largest absolute Gasteiger partial charge is 0.335 e. The number of aryl methyl sites for hydroxylation is 1. The Morgan fingerprint density at radius 3 is 2.80 bits per heavy atom. The SMILES string of the molecule is Cc1cccc(-c2nnc(SCC(=O)Nc3cccc(F)c3)n2N)c1. The molecule has 8 heteroatoms. The zero-order valence-electron chi connectivity index (χ0n) is 13.4. The van der Waals surface area contributed by atoms with E-state index in [-0.39, 0.29) is 11.7 Å². The van der Waals surface area contributed by atoms with Crippen LogP contribution >= 0.6 is 11.8 Å². The van der Waals surface area contributed by atoms with Gasteiger partial charge in [0, 0.05) is 11.3 Å². The molecule has 3 aromatic rings. The summed E-state index contributed by atoms with van der Waals surface area (Å²) in [4.78, 5) is 12.0. The van der Waals surface area contributed by atoms with E-state index < -0.39 is 5.82 Å². The van der Waals surface area contributed by atoms with Gasteiger partial charge in [0.15, 0.2) is 5.82 Å². The van der Waals surface area contributed by atoms with Crippen LogP contribution in [0.5, 0.6) is 0 Å². The van der Waals surface area contributed by atoms with Gasteiger partial charge in [-0.2, -0.15) is 0 Å². The van der Waals surface area contributed by atoms with Crippen LogP contribution in [0.2, 0.25) is 0 Å². The first kappa shape index (κ1) is 17.0. The van der Waals surface area contributed by atoms with Crippen molar-refractivity contribution in [2.75, 3.05) is 16.9 Å². The maximum Gasteiger partial charge on any atom is 0.234 e. The van der Waals surface area contributed by atoms with Crippen LogP contribution in [-0.2, 0) is 4.79 Å². The first-order valence-electron chi connectivity index (χ1n) is 7.48. The van der Waals surface area contributed by atoms with Crippen LogP contribution in [0.3, 0.4) is 0 Å². The van der Waals surface area contributed by atoms with Gasteiger partial charge in [0.2, 0.25) is 11.1 Å². The number of hydrogen-bond donors (Lipinski definition) is 2. The lowest BCUT2D eigenvalue weighted by Gasteiger charge is -2.06. The average molecular weight is 357 g/mol. The highest BCUT2D eigenvalue weighted by Gasteiger charge is 2.14. The smallest absolute Gasteiger partial charge is 0.234 e. The molecule has 0 aliphatic rings. The minimum Gasteiger partial charge on any atom is -0.335 e.